The van der Waals surface area contributed by atoms with Crippen LogP contribution in [0.1, 0.15) is 85.3 Å². The zero-order chi connectivity index (χ0) is 27.4. The molecule has 206 valence electrons. The zero-order valence-corrected chi connectivity index (χ0v) is 21.9. The Morgan fingerprint density at radius 1 is 0.892 bits per heavy atom. The average Bonchev–Trinajstić information content (AvgIpc) is 3.15. The van der Waals surface area contributed by atoms with Crippen LogP contribution in [0.25, 0.3) is 0 Å². The molecule has 0 spiro atoms. The summed E-state index contributed by atoms with van der Waals surface area (Å²) in [5.41, 5.74) is -0.780. The number of anilines is 1. The minimum atomic E-state index is -1.21. The number of amides is 1. The Hall–Kier alpha value is -3.28. The molecule has 1 aliphatic rings. The second-order valence-electron chi connectivity index (χ2n) is 8.71. The first-order chi connectivity index (χ1) is 17.7. The number of nitrogens with one attached hydrogen (secondary N) is 1. The first kappa shape index (κ1) is 29.9. The highest BCUT2D eigenvalue weighted by Gasteiger charge is 2.51. The van der Waals surface area contributed by atoms with Gasteiger partial charge in [0.1, 0.15) is 18.5 Å². The molecule has 1 aliphatic heterocycles. The number of nitrogens with zero attached hydrogens (tertiary/aromatic N) is 2. The number of carbonyl (C=O) groups is 4. The van der Waals surface area contributed by atoms with Crippen LogP contribution < -0.4 is 11.0 Å². The van der Waals surface area contributed by atoms with Crippen molar-refractivity contribution in [1.29, 1.82) is 0 Å². The third-order valence-corrected chi connectivity index (χ3v) is 5.44. The Labute approximate surface area is 216 Å². The number of esters is 3. The third-order valence-electron chi connectivity index (χ3n) is 5.44. The number of rotatable bonds is 14. The van der Waals surface area contributed by atoms with Crippen molar-refractivity contribution in [2.45, 2.75) is 104 Å². The van der Waals surface area contributed by atoms with E-state index in [1.54, 1.807) is 6.92 Å². The van der Waals surface area contributed by atoms with Crippen molar-refractivity contribution in [1.82, 2.24) is 9.55 Å². The van der Waals surface area contributed by atoms with Crippen LogP contribution in [-0.2, 0) is 38.1 Å². The molecular weight excluding hydrogens is 486 g/mol. The van der Waals surface area contributed by atoms with Gasteiger partial charge in [0.2, 0.25) is 5.91 Å². The summed E-state index contributed by atoms with van der Waals surface area (Å²) in [5.74, 6) is -1.79. The summed E-state index contributed by atoms with van der Waals surface area (Å²) in [6, 6.07) is 1.41. The molecule has 1 N–H and O–H groups in total. The van der Waals surface area contributed by atoms with Crippen molar-refractivity contribution in [2.24, 2.45) is 0 Å². The summed E-state index contributed by atoms with van der Waals surface area (Å²) in [6.45, 7) is 7.02. The van der Waals surface area contributed by atoms with E-state index in [4.69, 9.17) is 18.9 Å². The van der Waals surface area contributed by atoms with Gasteiger partial charge in [-0.3, -0.25) is 23.7 Å². The fourth-order valence-corrected chi connectivity index (χ4v) is 3.72. The van der Waals surface area contributed by atoms with Crippen molar-refractivity contribution < 1.29 is 38.1 Å². The molecule has 1 aromatic rings. The maximum atomic E-state index is 12.9. The van der Waals surface area contributed by atoms with Gasteiger partial charge in [-0.15, -0.1) is 0 Å². The number of hydrogen-bond acceptors (Lipinski definition) is 10. The molecule has 1 saturated heterocycles. The molecule has 0 saturated carbocycles. The van der Waals surface area contributed by atoms with Gasteiger partial charge in [0.15, 0.2) is 18.4 Å². The van der Waals surface area contributed by atoms with E-state index < -0.39 is 48.1 Å². The highest BCUT2D eigenvalue weighted by atomic mass is 16.7. The number of carbonyl (C=O) groups excluding carboxylic acids is 4. The van der Waals surface area contributed by atoms with Crippen LogP contribution in [0.4, 0.5) is 5.82 Å². The molecule has 1 fully saturated rings. The second kappa shape index (κ2) is 15.1. The van der Waals surface area contributed by atoms with Gasteiger partial charge in [-0.25, -0.2) is 4.79 Å². The SMILES string of the molecule is CCCC(=O)Nc1ccn([C@H]2O[C@@H](COC(=O)CCC)[C@@H](OC(=O)CCC)[C@H]2OC(=O)CCC)c(=O)n1. The predicted molar refractivity (Wildman–Crippen MR) is 131 cm³/mol. The van der Waals surface area contributed by atoms with E-state index in [-0.39, 0.29) is 44.0 Å². The van der Waals surface area contributed by atoms with E-state index in [1.807, 2.05) is 20.8 Å². The highest BCUT2D eigenvalue weighted by Crippen LogP contribution is 2.34. The van der Waals surface area contributed by atoms with Crippen molar-refractivity contribution in [3.05, 3.63) is 22.7 Å². The molecule has 2 rings (SSSR count). The lowest BCUT2D eigenvalue weighted by atomic mass is 10.1. The van der Waals surface area contributed by atoms with Crippen LogP contribution in [0.2, 0.25) is 0 Å². The third kappa shape index (κ3) is 8.96. The first-order valence-corrected chi connectivity index (χ1v) is 12.8. The van der Waals surface area contributed by atoms with Crippen molar-refractivity contribution in [3.8, 4) is 0 Å². The molecule has 12 heteroatoms. The molecule has 37 heavy (non-hydrogen) atoms. The van der Waals surface area contributed by atoms with E-state index >= 15 is 0 Å². The molecule has 1 amide bonds. The van der Waals surface area contributed by atoms with E-state index in [2.05, 4.69) is 10.3 Å². The van der Waals surface area contributed by atoms with Gasteiger partial charge in [0, 0.05) is 31.9 Å². The van der Waals surface area contributed by atoms with Crippen LogP contribution in [0.15, 0.2) is 17.1 Å². The van der Waals surface area contributed by atoms with Gasteiger partial charge in [0.05, 0.1) is 0 Å². The van der Waals surface area contributed by atoms with Crippen LogP contribution in [0.3, 0.4) is 0 Å². The smallest absolute Gasteiger partial charge is 0.351 e. The Kier molecular flexibility index (Phi) is 12.2. The zero-order valence-electron chi connectivity index (χ0n) is 21.9. The molecule has 4 atom stereocenters. The topological polar surface area (TPSA) is 152 Å². The van der Waals surface area contributed by atoms with Gasteiger partial charge in [-0.2, -0.15) is 4.98 Å². The maximum absolute atomic E-state index is 12.9. The minimum Gasteiger partial charge on any atom is -0.463 e. The molecule has 0 bridgehead atoms. The van der Waals surface area contributed by atoms with Gasteiger partial charge in [-0.05, 0) is 31.7 Å². The molecule has 0 radical (unpaired) electrons. The fourth-order valence-electron chi connectivity index (χ4n) is 3.72. The quantitative estimate of drug-likeness (QED) is 0.284. The standard InChI is InChI=1S/C25H37N3O9/c1-5-9-18(29)26-17-13-14-28(25(33)27-17)24-23(37-21(32)12-8-4)22(36-20(31)11-7-3)16(35-24)15-34-19(30)10-6-2/h13-14,16,22-24H,5-12,15H2,1-4H3,(H,26,27,29,33)/t16-,22+,23+,24-/m0/s1. The average molecular weight is 524 g/mol. The Morgan fingerprint density at radius 3 is 2.03 bits per heavy atom. The summed E-state index contributed by atoms with van der Waals surface area (Å²) < 4.78 is 23.6. The van der Waals surface area contributed by atoms with E-state index in [0.29, 0.717) is 25.7 Å². The summed E-state index contributed by atoms with van der Waals surface area (Å²) in [5, 5.41) is 2.55. The maximum Gasteiger partial charge on any atom is 0.351 e. The number of ether oxygens (including phenoxy) is 4. The van der Waals surface area contributed by atoms with Crippen LogP contribution in [-0.4, -0.2) is 58.3 Å². The Morgan fingerprint density at radius 2 is 1.46 bits per heavy atom. The predicted octanol–water partition coefficient (Wildman–Crippen LogP) is 2.65. The lowest BCUT2D eigenvalue weighted by Gasteiger charge is -2.25. The summed E-state index contributed by atoms with van der Waals surface area (Å²) in [6.07, 6.45) is -0.246. The molecule has 0 aromatic carbocycles. The lowest BCUT2D eigenvalue weighted by Crippen LogP contribution is -2.42. The second-order valence-corrected chi connectivity index (χ2v) is 8.71. The largest absolute Gasteiger partial charge is 0.463 e. The van der Waals surface area contributed by atoms with E-state index in [9.17, 15) is 24.0 Å². The van der Waals surface area contributed by atoms with Crippen molar-refractivity contribution in [2.75, 3.05) is 11.9 Å². The first-order valence-electron chi connectivity index (χ1n) is 12.8. The van der Waals surface area contributed by atoms with Gasteiger partial charge >= 0.3 is 23.6 Å². The van der Waals surface area contributed by atoms with Crippen LogP contribution >= 0.6 is 0 Å². The van der Waals surface area contributed by atoms with Crippen molar-refractivity contribution in [3.63, 3.8) is 0 Å². The van der Waals surface area contributed by atoms with Crippen molar-refractivity contribution >= 4 is 29.6 Å². The molecule has 0 aliphatic carbocycles. The Balaban J connectivity index is 2.40. The molecule has 2 heterocycles. The molecular formula is C25H37N3O9. The number of hydrogen-bond donors (Lipinski definition) is 1. The van der Waals surface area contributed by atoms with Gasteiger partial charge in [0.25, 0.3) is 0 Å². The molecule has 0 unspecified atom stereocenters. The minimum absolute atomic E-state index is 0.0631. The summed E-state index contributed by atoms with van der Waals surface area (Å²) >= 11 is 0. The lowest BCUT2D eigenvalue weighted by molar-refractivity contribution is -0.169. The molecule has 1 aromatic heterocycles. The normalized spacial score (nSPS) is 20.8. The van der Waals surface area contributed by atoms with Gasteiger partial charge in [-0.1, -0.05) is 27.7 Å². The Bertz CT molecular complexity index is 994. The van der Waals surface area contributed by atoms with E-state index in [0.717, 1.165) is 4.57 Å². The summed E-state index contributed by atoms with van der Waals surface area (Å²) in [7, 11) is 0. The van der Waals surface area contributed by atoms with E-state index in [1.165, 1.54) is 12.3 Å². The number of aromatic nitrogens is 2. The van der Waals surface area contributed by atoms with Crippen LogP contribution in [0.5, 0.6) is 0 Å². The molecule has 12 nitrogen and oxygen atoms in total. The van der Waals surface area contributed by atoms with Crippen LogP contribution in [0, 0.1) is 0 Å². The summed E-state index contributed by atoms with van der Waals surface area (Å²) in [4.78, 5) is 65.5. The highest BCUT2D eigenvalue weighted by molar-refractivity contribution is 5.89. The van der Waals surface area contributed by atoms with Gasteiger partial charge < -0.3 is 24.3 Å². The fraction of sp³-hybridized carbons (Fsp3) is 0.680. The monoisotopic (exact) mass is 523 g/mol.